The molecule has 0 atom stereocenters. The first kappa shape index (κ1) is 14.9. The van der Waals surface area contributed by atoms with Crippen LogP contribution in [0.5, 0.6) is 0 Å². The van der Waals surface area contributed by atoms with Gasteiger partial charge in [-0.1, -0.05) is 35.6 Å². The number of thioether (sulfide) groups is 1. The van der Waals surface area contributed by atoms with Crippen LogP contribution < -0.4 is 5.73 Å². The molecule has 1 nitrogen and oxygen atoms in total. The first-order valence-corrected chi connectivity index (χ1v) is 7.41. The summed E-state index contributed by atoms with van der Waals surface area (Å²) in [5.74, 6) is 5.83. The maximum atomic E-state index is 13.9. The molecule has 2 rings (SSSR count). The van der Waals surface area contributed by atoms with E-state index in [1.54, 1.807) is 23.9 Å². The third kappa shape index (κ3) is 4.28. The fraction of sp³-hybridized carbons (Fsp3) is 0.125. The summed E-state index contributed by atoms with van der Waals surface area (Å²) in [5, 5.41) is 0.683. The number of nitrogens with two attached hydrogens (primary N) is 1. The lowest BCUT2D eigenvalue weighted by atomic mass is 10.1. The van der Waals surface area contributed by atoms with Gasteiger partial charge in [-0.05, 0) is 35.9 Å². The maximum Gasteiger partial charge on any atom is 0.128 e. The number of hydrogen-bond donors (Lipinski definition) is 1. The molecule has 0 aliphatic rings. The van der Waals surface area contributed by atoms with Crippen molar-refractivity contribution in [2.75, 3.05) is 6.54 Å². The Balaban J connectivity index is 2.06. The minimum atomic E-state index is -0.247. The summed E-state index contributed by atoms with van der Waals surface area (Å²) in [4.78, 5) is 1.02. The molecular formula is C16H13ClFNS. The molecule has 2 N–H and O–H groups in total. The normalized spacial score (nSPS) is 9.95. The van der Waals surface area contributed by atoms with E-state index in [0.29, 0.717) is 21.9 Å². The number of benzene rings is 2. The molecule has 0 aliphatic carbocycles. The van der Waals surface area contributed by atoms with Gasteiger partial charge in [0.2, 0.25) is 0 Å². The Bertz CT molecular complexity index is 661. The van der Waals surface area contributed by atoms with Gasteiger partial charge >= 0.3 is 0 Å². The van der Waals surface area contributed by atoms with Crippen LogP contribution in [0.2, 0.25) is 5.02 Å². The summed E-state index contributed by atoms with van der Waals surface area (Å²) in [6, 6.07) is 12.5. The molecule has 0 saturated carbocycles. The standard InChI is InChI=1S/C16H13ClFNS/c17-14-4-1-5-15(10-14)20-11-13-7-6-12(3-2-8-19)9-16(13)18/h1,4-7,9-10H,8,11,19H2. The van der Waals surface area contributed by atoms with Crippen LogP contribution >= 0.6 is 23.4 Å². The highest BCUT2D eigenvalue weighted by Crippen LogP contribution is 2.26. The monoisotopic (exact) mass is 305 g/mol. The van der Waals surface area contributed by atoms with Crippen LogP contribution in [0.3, 0.4) is 0 Å². The molecule has 0 saturated heterocycles. The van der Waals surface area contributed by atoms with Gasteiger partial charge in [0.25, 0.3) is 0 Å². The molecule has 0 spiro atoms. The topological polar surface area (TPSA) is 26.0 Å². The van der Waals surface area contributed by atoms with Gasteiger partial charge in [0, 0.05) is 21.2 Å². The van der Waals surface area contributed by atoms with Crippen LogP contribution in [0.25, 0.3) is 0 Å². The molecule has 0 bridgehead atoms. The first-order chi connectivity index (χ1) is 9.69. The lowest BCUT2D eigenvalue weighted by molar-refractivity contribution is 0.617. The van der Waals surface area contributed by atoms with E-state index in [0.717, 1.165) is 4.90 Å². The highest BCUT2D eigenvalue weighted by molar-refractivity contribution is 7.98. The van der Waals surface area contributed by atoms with Gasteiger partial charge in [0.1, 0.15) is 5.82 Å². The Hall–Kier alpha value is -1.47. The zero-order chi connectivity index (χ0) is 14.4. The van der Waals surface area contributed by atoms with Crippen molar-refractivity contribution in [1.82, 2.24) is 0 Å². The van der Waals surface area contributed by atoms with E-state index in [4.69, 9.17) is 17.3 Å². The fourth-order valence-corrected chi connectivity index (χ4v) is 2.81. The van der Waals surface area contributed by atoms with Crippen LogP contribution in [0, 0.1) is 17.7 Å². The summed E-state index contributed by atoms with van der Waals surface area (Å²) >= 11 is 7.46. The van der Waals surface area contributed by atoms with Crippen LogP contribution in [0.4, 0.5) is 4.39 Å². The van der Waals surface area contributed by atoms with Crippen molar-refractivity contribution in [3.63, 3.8) is 0 Å². The van der Waals surface area contributed by atoms with E-state index in [9.17, 15) is 4.39 Å². The average molecular weight is 306 g/mol. The zero-order valence-corrected chi connectivity index (χ0v) is 12.3. The molecule has 2 aromatic carbocycles. The Kier molecular flexibility index (Phi) is 5.49. The molecule has 0 heterocycles. The Morgan fingerprint density at radius 2 is 2.05 bits per heavy atom. The van der Waals surface area contributed by atoms with Crippen molar-refractivity contribution < 1.29 is 4.39 Å². The van der Waals surface area contributed by atoms with Crippen LogP contribution in [-0.2, 0) is 5.75 Å². The van der Waals surface area contributed by atoms with E-state index in [-0.39, 0.29) is 12.4 Å². The summed E-state index contributed by atoms with van der Waals surface area (Å²) in [5.41, 5.74) is 6.58. The number of hydrogen-bond acceptors (Lipinski definition) is 2. The first-order valence-electron chi connectivity index (χ1n) is 6.05. The fourth-order valence-electron chi connectivity index (χ4n) is 1.61. The minimum Gasteiger partial charge on any atom is -0.320 e. The quantitative estimate of drug-likeness (QED) is 0.683. The van der Waals surface area contributed by atoms with Gasteiger partial charge in [0.15, 0.2) is 0 Å². The van der Waals surface area contributed by atoms with Gasteiger partial charge in [-0.3, -0.25) is 0 Å². The van der Waals surface area contributed by atoms with Gasteiger partial charge < -0.3 is 5.73 Å². The summed E-state index contributed by atoms with van der Waals surface area (Å²) in [6.45, 7) is 0.272. The summed E-state index contributed by atoms with van der Waals surface area (Å²) in [7, 11) is 0. The lowest BCUT2D eigenvalue weighted by Crippen LogP contribution is -1.93. The largest absolute Gasteiger partial charge is 0.320 e. The summed E-state index contributed by atoms with van der Waals surface area (Å²) < 4.78 is 13.9. The van der Waals surface area contributed by atoms with E-state index in [2.05, 4.69) is 11.8 Å². The van der Waals surface area contributed by atoms with Gasteiger partial charge in [-0.15, -0.1) is 11.8 Å². The third-order valence-corrected chi connectivity index (χ3v) is 3.86. The molecule has 20 heavy (non-hydrogen) atoms. The Morgan fingerprint density at radius 1 is 1.20 bits per heavy atom. The maximum absolute atomic E-state index is 13.9. The molecule has 0 aromatic heterocycles. The predicted molar refractivity (Wildman–Crippen MR) is 83.3 cm³/mol. The molecule has 0 aliphatic heterocycles. The third-order valence-electron chi connectivity index (χ3n) is 2.58. The van der Waals surface area contributed by atoms with Crippen molar-refractivity contribution in [1.29, 1.82) is 0 Å². The van der Waals surface area contributed by atoms with E-state index in [1.807, 2.05) is 24.3 Å². The van der Waals surface area contributed by atoms with Crippen LogP contribution in [0.1, 0.15) is 11.1 Å². The molecule has 0 radical (unpaired) electrons. The Labute approximate surface area is 127 Å². The molecule has 102 valence electrons. The van der Waals surface area contributed by atoms with Crippen molar-refractivity contribution in [2.24, 2.45) is 5.73 Å². The van der Waals surface area contributed by atoms with Crippen LogP contribution in [0.15, 0.2) is 47.4 Å². The van der Waals surface area contributed by atoms with E-state index in [1.165, 1.54) is 6.07 Å². The number of halogens is 2. The Morgan fingerprint density at radius 3 is 2.75 bits per heavy atom. The van der Waals surface area contributed by atoms with Gasteiger partial charge in [-0.2, -0.15) is 0 Å². The summed E-state index contributed by atoms with van der Waals surface area (Å²) in [6.07, 6.45) is 0. The molecule has 2 aromatic rings. The van der Waals surface area contributed by atoms with Crippen molar-refractivity contribution in [3.05, 3.63) is 64.4 Å². The molecule has 0 unspecified atom stereocenters. The SMILES string of the molecule is NCC#Cc1ccc(CSc2cccc(Cl)c2)c(F)c1. The second-order valence-corrected chi connectivity index (χ2v) is 5.54. The molecular weight excluding hydrogens is 293 g/mol. The molecule has 4 heteroatoms. The lowest BCUT2D eigenvalue weighted by Gasteiger charge is -2.04. The van der Waals surface area contributed by atoms with Crippen molar-refractivity contribution in [2.45, 2.75) is 10.6 Å². The van der Waals surface area contributed by atoms with Crippen molar-refractivity contribution in [3.8, 4) is 11.8 Å². The van der Waals surface area contributed by atoms with Crippen molar-refractivity contribution >= 4 is 23.4 Å². The van der Waals surface area contributed by atoms with Gasteiger partial charge in [-0.25, -0.2) is 4.39 Å². The highest BCUT2D eigenvalue weighted by atomic mass is 35.5. The average Bonchev–Trinajstić information content (AvgIpc) is 2.44. The molecule has 0 amide bonds. The second-order valence-electron chi connectivity index (χ2n) is 4.06. The minimum absolute atomic E-state index is 0.247. The smallest absolute Gasteiger partial charge is 0.128 e. The van der Waals surface area contributed by atoms with E-state index < -0.39 is 0 Å². The second kappa shape index (κ2) is 7.35. The highest BCUT2D eigenvalue weighted by Gasteiger charge is 2.04. The zero-order valence-electron chi connectivity index (χ0n) is 10.7. The van der Waals surface area contributed by atoms with Gasteiger partial charge in [0.05, 0.1) is 6.54 Å². The number of rotatable bonds is 3. The molecule has 0 fully saturated rings. The van der Waals surface area contributed by atoms with E-state index >= 15 is 0 Å². The van der Waals surface area contributed by atoms with Crippen LogP contribution in [-0.4, -0.2) is 6.54 Å². The predicted octanol–water partition coefficient (Wildman–Crippen LogP) is 4.08.